The molecule has 1 aromatic rings. The molecule has 6 heteroatoms. The van der Waals surface area contributed by atoms with Gasteiger partial charge in [0.15, 0.2) is 5.78 Å². The van der Waals surface area contributed by atoms with Crippen LogP contribution in [0.15, 0.2) is 48.1 Å². The highest BCUT2D eigenvalue weighted by molar-refractivity contribution is 6.30. The van der Waals surface area contributed by atoms with Crippen LogP contribution in [0.4, 0.5) is 0 Å². The third kappa shape index (κ3) is 4.30. The molecule has 5 fully saturated rings. The summed E-state index contributed by atoms with van der Waals surface area (Å²) in [6.45, 7) is 6.92. The summed E-state index contributed by atoms with van der Waals surface area (Å²) in [5.41, 5.74) is -0.643. The van der Waals surface area contributed by atoms with Crippen LogP contribution in [0, 0.1) is 39.4 Å². The minimum absolute atomic E-state index is 0.0123. The largest absolute Gasteiger partial charge is 0.393 e. The molecule has 9 rings (SSSR count). The van der Waals surface area contributed by atoms with Crippen LogP contribution in [0.25, 0.3) is 0 Å². The van der Waals surface area contributed by atoms with E-state index in [1.54, 1.807) is 0 Å². The van der Waals surface area contributed by atoms with Gasteiger partial charge in [-0.15, -0.1) is 0 Å². The number of carbonyl (C=O) groups excluding carboxylic acids is 1. The lowest BCUT2D eigenvalue weighted by atomic mass is 9.32. The van der Waals surface area contributed by atoms with E-state index in [4.69, 9.17) is 11.6 Å². The van der Waals surface area contributed by atoms with Gasteiger partial charge in [0.05, 0.1) is 17.3 Å². The zero-order valence-electron chi connectivity index (χ0n) is 27.9. The van der Waals surface area contributed by atoms with E-state index in [0.717, 1.165) is 94.9 Å². The number of fused-ring (bicyclic) bond motifs is 1. The number of piperidine rings is 1. The molecule has 1 aromatic carbocycles. The molecule has 3 N–H and O–H groups in total. The van der Waals surface area contributed by atoms with Crippen molar-refractivity contribution in [2.24, 2.45) is 39.4 Å². The predicted octanol–water partition coefficient (Wildman–Crippen LogP) is 7.36. The molecule has 4 saturated carbocycles. The maximum atomic E-state index is 14.8. The molecule has 0 amide bonds. The summed E-state index contributed by atoms with van der Waals surface area (Å²) in [4.78, 5) is 17.1. The minimum Gasteiger partial charge on any atom is -0.393 e. The van der Waals surface area contributed by atoms with Gasteiger partial charge in [0, 0.05) is 52.4 Å². The monoisotopic (exact) mass is 647 g/mol. The van der Waals surface area contributed by atoms with Crippen LogP contribution in [0.1, 0.15) is 109 Å². The molecule has 0 radical (unpaired) electrons. The molecule has 8 atom stereocenters. The fourth-order valence-corrected chi connectivity index (χ4v) is 12.8. The lowest BCUT2D eigenvalue weighted by Gasteiger charge is -2.71. The van der Waals surface area contributed by atoms with E-state index >= 15 is 0 Å². The van der Waals surface area contributed by atoms with E-state index in [1.807, 2.05) is 24.3 Å². The molecular weight excluding hydrogens is 594 g/mol. The molecule has 5 nitrogen and oxygen atoms in total. The Morgan fingerprint density at radius 2 is 1.50 bits per heavy atom. The number of halogens is 1. The molecule has 8 unspecified atom stereocenters. The summed E-state index contributed by atoms with van der Waals surface area (Å²) in [7, 11) is 0. The third-order valence-corrected chi connectivity index (χ3v) is 15.8. The Balaban J connectivity index is 1.11. The summed E-state index contributed by atoms with van der Waals surface area (Å²) < 4.78 is 0. The smallest absolute Gasteiger partial charge is 0.162 e. The van der Waals surface area contributed by atoms with E-state index in [2.05, 4.69) is 37.0 Å². The molecular formula is C40H54ClNO4. The van der Waals surface area contributed by atoms with Gasteiger partial charge >= 0.3 is 0 Å². The first-order valence-corrected chi connectivity index (χ1v) is 18.9. The maximum absolute atomic E-state index is 14.8. The molecule has 1 saturated heterocycles. The van der Waals surface area contributed by atoms with Crippen molar-refractivity contribution in [1.82, 2.24) is 4.90 Å². The fourth-order valence-electron chi connectivity index (χ4n) is 12.7. The number of aliphatic hydroxyl groups excluding tert-OH is 1. The van der Waals surface area contributed by atoms with E-state index in [1.165, 1.54) is 6.42 Å². The number of nitrogens with zero attached hydrogens (tertiary/aromatic N) is 1. The normalized spacial score (nSPS) is 45.1. The SMILES string of the molecule is CC12CCC(O)CC13C=CC1(C(C(=O)C4CCCCC4)=C3)C2CCC2(C)C1CCC2(O)CN1CCC(O)(c2ccc(Cl)cc2)CC1. The molecule has 46 heavy (non-hydrogen) atoms. The maximum Gasteiger partial charge on any atom is 0.162 e. The highest BCUT2D eigenvalue weighted by Gasteiger charge is 2.74. The average Bonchev–Trinajstić information content (AvgIpc) is 3.32. The summed E-state index contributed by atoms with van der Waals surface area (Å²) in [5, 5.41) is 36.0. The molecule has 8 aliphatic rings. The second kappa shape index (κ2) is 10.7. The quantitative estimate of drug-likeness (QED) is 0.291. The number of β-amino-alcohol motifs (C(OH)–C–C–N with tert-alkyl or cyclic N) is 1. The van der Waals surface area contributed by atoms with Gasteiger partial charge in [0.1, 0.15) is 0 Å². The van der Waals surface area contributed by atoms with Crippen molar-refractivity contribution in [2.45, 2.75) is 121 Å². The van der Waals surface area contributed by atoms with Gasteiger partial charge in [-0.2, -0.15) is 0 Å². The Hall–Kier alpha value is -1.50. The molecule has 2 bridgehead atoms. The number of Topliss-reactive ketones (excluding diaryl/α,β-unsaturated/α-hetero) is 1. The van der Waals surface area contributed by atoms with Gasteiger partial charge in [0.2, 0.25) is 0 Å². The van der Waals surface area contributed by atoms with Crippen LogP contribution in [-0.2, 0) is 10.4 Å². The second-order valence-electron chi connectivity index (χ2n) is 17.3. The average molecular weight is 648 g/mol. The first kappa shape index (κ1) is 31.7. The van der Waals surface area contributed by atoms with E-state index < -0.39 is 11.2 Å². The number of rotatable bonds is 5. The first-order chi connectivity index (χ1) is 21.9. The van der Waals surface area contributed by atoms with Gasteiger partial charge < -0.3 is 20.2 Å². The number of hydrogen-bond acceptors (Lipinski definition) is 5. The number of carbonyl (C=O) groups is 1. The van der Waals surface area contributed by atoms with Crippen molar-refractivity contribution in [3.05, 3.63) is 58.7 Å². The number of aliphatic hydroxyl groups is 3. The van der Waals surface area contributed by atoms with Crippen molar-refractivity contribution in [3.63, 3.8) is 0 Å². The third-order valence-electron chi connectivity index (χ3n) is 15.5. The van der Waals surface area contributed by atoms with Crippen LogP contribution in [0.2, 0.25) is 5.02 Å². The number of ketones is 1. The van der Waals surface area contributed by atoms with Gasteiger partial charge in [0.25, 0.3) is 0 Å². The van der Waals surface area contributed by atoms with Crippen molar-refractivity contribution < 1.29 is 20.1 Å². The van der Waals surface area contributed by atoms with Crippen LogP contribution in [0.3, 0.4) is 0 Å². The predicted molar refractivity (Wildman–Crippen MR) is 181 cm³/mol. The Bertz CT molecular complexity index is 1440. The lowest BCUT2D eigenvalue weighted by Crippen LogP contribution is -2.67. The summed E-state index contributed by atoms with van der Waals surface area (Å²) in [5.74, 6) is 1.05. The lowest BCUT2D eigenvalue weighted by molar-refractivity contribution is -0.181. The molecule has 1 heterocycles. The summed E-state index contributed by atoms with van der Waals surface area (Å²) in [6, 6.07) is 7.59. The first-order valence-electron chi connectivity index (χ1n) is 18.5. The zero-order chi connectivity index (χ0) is 32.2. The summed E-state index contributed by atoms with van der Waals surface area (Å²) in [6.07, 6.45) is 19.9. The van der Waals surface area contributed by atoms with E-state index in [-0.39, 0.29) is 39.6 Å². The number of likely N-dealkylation sites (tertiary alicyclic amines) is 1. The highest BCUT2D eigenvalue weighted by Crippen LogP contribution is 2.78. The number of allylic oxidation sites excluding steroid dienone is 4. The van der Waals surface area contributed by atoms with Crippen molar-refractivity contribution in [3.8, 4) is 0 Å². The van der Waals surface area contributed by atoms with E-state index in [9.17, 15) is 20.1 Å². The second-order valence-corrected chi connectivity index (χ2v) is 17.8. The molecule has 7 aliphatic carbocycles. The van der Waals surface area contributed by atoms with Crippen molar-refractivity contribution >= 4 is 17.4 Å². The number of hydrogen-bond donors (Lipinski definition) is 3. The van der Waals surface area contributed by atoms with E-state index in [0.29, 0.717) is 36.1 Å². The van der Waals surface area contributed by atoms with Crippen LogP contribution in [-0.4, -0.2) is 57.3 Å². The summed E-state index contributed by atoms with van der Waals surface area (Å²) >= 11 is 6.12. The Morgan fingerprint density at radius 1 is 0.848 bits per heavy atom. The Kier molecular flexibility index (Phi) is 7.42. The van der Waals surface area contributed by atoms with Crippen LogP contribution < -0.4 is 0 Å². The highest BCUT2D eigenvalue weighted by atomic mass is 35.5. The number of benzene rings is 1. The van der Waals surface area contributed by atoms with Crippen molar-refractivity contribution in [2.75, 3.05) is 19.6 Å². The van der Waals surface area contributed by atoms with Crippen LogP contribution in [0.5, 0.6) is 0 Å². The molecule has 250 valence electrons. The van der Waals surface area contributed by atoms with Gasteiger partial charge in [-0.05, 0) is 106 Å². The van der Waals surface area contributed by atoms with Gasteiger partial charge in [-0.25, -0.2) is 0 Å². The molecule has 1 aliphatic heterocycles. The standard InChI is InChI=1S/C40H54ClNO4/c1-35-15-12-30(43)24-37(35)18-19-40(31(25-37)34(44)27-6-4-3-5-7-27)32(35)13-16-36(2)33(40)14-17-39(36,46)26-42-22-20-38(45,21-23-42)28-8-10-29(41)11-9-28/h8-11,18-19,25,27,30,32-33,43,45-46H,3-7,12-17,20-24,26H2,1-2H3. The Labute approximate surface area is 280 Å². The van der Waals surface area contributed by atoms with Crippen LogP contribution >= 0.6 is 11.6 Å². The topological polar surface area (TPSA) is 81.0 Å². The zero-order valence-corrected chi connectivity index (χ0v) is 28.7. The minimum atomic E-state index is -0.869. The van der Waals surface area contributed by atoms with Gasteiger partial charge in [-0.1, -0.05) is 75.1 Å². The van der Waals surface area contributed by atoms with Crippen molar-refractivity contribution in [1.29, 1.82) is 0 Å². The fraction of sp³-hybridized carbons (Fsp3) is 0.725. The molecule has 0 aromatic heterocycles. The Morgan fingerprint density at radius 3 is 2.22 bits per heavy atom. The van der Waals surface area contributed by atoms with Gasteiger partial charge in [-0.3, -0.25) is 4.79 Å². The molecule has 2 spiro atoms.